The van der Waals surface area contributed by atoms with Crippen molar-refractivity contribution in [2.75, 3.05) is 19.8 Å². The highest BCUT2D eigenvalue weighted by atomic mass is 31.2. The fourth-order valence-corrected chi connectivity index (χ4v) is 4.18. The molecule has 0 radical (unpaired) electrons. The molecular formula is C15H21N2O2P. The molecule has 2 aliphatic heterocycles. The second kappa shape index (κ2) is 5.80. The molecule has 2 heterocycles. The lowest BCUT2D eigenvalue weighted by molar-refractivity contribution is 0.0513. The van der Waals surface area contributed by atoms with E-state index < -0.39 is 8.53 Å². The Kier molecular flexibility index (Phi) is 4.06. The van der Waals surface area contributed by atoms with E-state index in [1.54, 1.807) is 0 Å². The predicted molar refractivity (Wildman–Crippen MR) is 82.1 cm³/mol. The third-order valence-electron chi connectivity index (χ3n) is 3.41. The average Bonchev–Trinajstić information content (AvgIpc) is 2.88. The van der Waals surface area contributed by atoms with Gasteiger partial charge in [0.2, 0.25) is 0 Å². The van der Waals surface area contributed by atoms with Gasteiger partial charge in [-0.2, -0.15) is 0 Å². The predicted octanol–water partition coefficient (Wildman–Crippen LogP) is 4.11. The van der Waals surface area contributed by atoms with Crippen LogP contribution in [-0.4, -0.2) is 30.3 Å². The normalized spacial score (nSPS) is 25.3. The van der Waals surface area contributed by atoms with Crippen LogP contribution >= 0.6 is 8.53 Å². The summed E-state index contributed by atoms with van der Waals surface area (Å²) in [7, 11) is -0.964. The minimum absolute atomic E-state index is 0.120. The first kappa shape index (κ1) is 14.0. The van der Waals surface area contributed by atoms with E-state index in [1.165, 1.54) is 0 Å². The first-order valence-corrected chi connectivity index (χ1v) is 8.23. The molecule has 1 aromatic carbocycles. The topological polar surface area (TPSA) is 34.1 Å². The van der Waals surface area contributed by atoms with Crippen molar-refractivity contribution in [3.8, 4) is 0 Å². The first-order valence-electron chi connectivity index (χ1n) is 7.10. The van der Waals surface area contributed by atoms with Crippen molar-refractivity contribution in [2.45, 2.75) is 26.7 Å². The van der Waals surface area contributed by atoms with Crippen molar-refractivity contribution in [1.82, 2.24) is 4.67 Å². The molecule has 2 aliphatic rings. The number of aliphatic imine (C=N–C) groups is 1. The summed E-state index contributed by atoms with van der Waals surface area (Å²) in [6, 6.07) is 10.1. The van der Waals surface area contributed by atoms with Gasteiger partial charge in [0.25, 0.3) is 8.53 Å². The average molecular weight is 292 g/mol. The summed E-state index contributed by atoms with van der Waals surface area (Å²) in [5, 5.41) is 0. The molecular weight excluding hydrogens is 271 g/mol. The fraction of sp³-hybridized carbons (Fsp3) is 0.533. The molecule has 0 amide bonds. The molecule has 0 saturated carbocycles. The number of nitrogens with zero attached hydrogens (tertiary/aromatic N) is 2. The van der Waals surface area contributed by atoms with Gasteiger partial charge in [0.15, 0.2) is 0 Å². The number of rotatable bonds is 2. The second-order valence-electron chi connectivity index (χ2n) is 6.04. The van der Waals surface area contributed by atoms with Crippen LogP contribution in [0.5, 0.6) is 0 Å². The molecule has 0 atom stereocenters. The molecule has 3 rings (SSSR count). The monoisotopic (exact) mass is 292 g/mol. The lowest BCUT2D eigenvalue weighted by Crippen LogP contribution is -2.33. The Bertz CT molecular complexity index is 480. The van der Waals surface area contributed by atoms with Crippen LogP contribution in [0.25, 0.3) is 0 Å². The molecule has 1 aromatic rings. The number of amidine groups is 1. The van der Waals surface area contributed by atoms with Crippen molar-refractivity contribution in [3.63, 3.8) is 0 Å². The van der Waals surface area contributed by atoms with Gasteiger partial charge in [-0.25, -0.2) is 4.99 Å². The Morgan fingerprint density at radius 3 is 2.55 bits per heavy atom. The SMILES string of the molecule is CC1(C)COP(N2CCCC2=Nc2ccccc2)OC1. The highest BCUT2D eigenvalue weighted by Gasteiger charge is 2.36. The molecule has 2 fully saturated rings. The summed E-state index contributed by atoms with van der Waals surface area (Å²) in [6.45, 7) is 6.84. The van der Waals surface area contributed by atoms with Gasteiger partial charge >= 0.3 is 0 Å². The zero-order valence-corrected chi connectivity index (χ0v) is 13.0. The number of hydrogen-bond donors (Lipinski definition) is 0. The highest BCUT2D eigenvalue weighted by Crippen LogP contribution is 2.51. The molecule has 5 heteroatoms. The zero-order chi connectivity index (χ0) is 14.0. The van der Waals surface area contributed by atoms with Crippen LogP contribution < -0.4 is 0 Å². The van der Waals surface area contributed by atoms with Crippen LogP contribution in [0.4, 0.5) is 5.69 Å². The smallest absolute Gasteiger partial charge is 0.290 e. The van der Waals surface area contributed by atoms with Gasteiger partial charge in [-0.3, -0.25) is 4.67 Å². The lowest BCUT2D eigenvalue weighted by Gasteiger charge is -2.37. The van der Waals surface area contributed by atoms with Crippen molar-refractivity contribution < 1.29 is 9.05 Å². The van der Waals surface area contributed by atoms with Crippen molar-refractivity contribution in [1.29, 1.82) is 0 Å². The third-order valence-corrected chi connectivity index (χ3v) is 4.94. The van der Waals surface area contributed by atoms with E-state index in [9.17, 15) is 0 Å². The maximum atomic E-state index is 5.93. The Labute approximate surface area is 121 Å². The van der Waals surface area contributed by atoms with Gasteiger partial charge < -0.3 is 9.05 Å². The maximum absolute atomic E-state index is 5.93. The van der Waals surface area contributed by atoms with Crippen LogP contribution in [-0.2, 0) is 9.05 Å². The molecule has 108 valence electrons. The van der Waals surface area contributed by atoms with Gasteiger partial charge in [0.1, 0.15) is 5.84 Å². The summed E-state index contributed by atoms with van der Waals surface area (Å²) < 4.78 is 14.1. The Morgan fingerprint density at radius 1 is 1.15 bits per heavy atom. The molecule has 0 aromatic heterocycles. The largest absolute Gasteiger partial charge is 0.317 e. The van der Waals surface area contributed by atoms with Crippen molar-refractivity contribution in [2.24, 2.45) is 10.4 Å². The minimum atomic E-state index is -0.964. The standard InChI is InChI=1S/C15H21N2O2P/c1-15(2)11-18-20(19-12-15)17-10-6-9-14(17)16-13-7-4-3-5-8-13/h3-5,7-8H,6,9-12H2,1-2H3. The third kappa shape index (κ3) is 3.20. The van der Waals surface area contributed by atoms with Gasteiger partial charge in [-0.15, -0.1) is 0 Å². The number of hydrogen-bond acceptors (Lipinski definition) is 3. The molecule has 2 saturated heterocycles. The molecule has 20 heavy (non-hydrogen) atoms. The Balaban J connectivity index is 1.72. The van der Waals surface area contributed by atoms with Crippen molar-refractivity contribution >= 4 is 20.0 Å². The lowest BCUT2D eigenvalue weighted by atomic mass is 9.97. The highest BCUT2D eigenvalue weighted by molar-refractivity contribution is 7.45. The van der Waals surface area contributed by atoms with Crippen LogP contribution in [0.3, 0.4) is 0 Å². The molecule has 0 bridgehead atoms. The van der Waals surface area contributed by atoms with E-state index in [4.69, 9.17) is 14.0 Å². The van der Waals surface area contributed by atoms with E-state index in [0.29, 0.717) is 0 Å². The quantitative estimate of drug-likeness (QED) is 0.769. The summed E-state index contributed by atoms with van der Waals surface area (Å²) in [6.07, 6.45) is 2.13. The van der Waals surface area contributed by atoms with Crippen LogP contribution in [0.2, 0.25) is 0 Å². The van der Waals surface area contributed by atoms with Gasteiger partial charge in [-0.05, 0) is 18.6 Å². The molecule has 0 N–H and O–H groups in total. The second-order valence-corrected chi connectivity index (χ2v) is 7.51. The summed E-state index contributed by atoms with van der Waals surface area (Å²) >= 11 is 0. The Morgan fingerprint density at radius 2 is 1.85 bits per heavy atom. The summed E-state index contributed by atoms with van der Waals surface area (Å²) in [5.74, 6) is 1.10. The molecule has 0 spiro atoms. The molecule has 0 aliphatic carbocycles. The number of para-hydroxylation sites is 1. The summed E-state index contributed by atoms with van der Waals surface area (Å²) in [4.78, 5) is 4.75. The fourth-order valence-electron chi connectivity index (χ4n) is 2.26. The van der Waals surface area contributed by atoms with E-state index >= 15 is 0 Å². The van der Waals surface area contributed by atoms with E-state index in [-0.39, 0.29) is 5.41 Å². The van der Waals surface area contributed by atoms with Crippen molar-refractivity contribution in [3.05, 3.63) is 30.3 Å². The van der Waals surface area contributed by atoms with E-state index in [0.717, 1.165) is 44.1 Å². The van der Waals surface area contributed by atoms with Crippen LogP contribution in [0.1, 0.15) is 26.7 Å². The van der Waals surface area contributed by atoms with Gasteiger partial charge in [0, 0.05) is 18.4 Å². The van der Waals surface area contributed by atoms with Gasteiger partial charge in [0.05, 0.1) is 18.9 Å². The zero-order valence-electron chi connectivity index (χ0n) is 12.1. The van der Waals surface area contributed by atoms with E-state index in [2.05, 4.69) is 18.5 Å². The van der Waals surface area contributed by atoms with Crippen LogP contribution in [0, 0.1) is 5.41 Å². The van der Waals surface area contributed by atoms with Crippen LogP contribution in [0.15, 0.2) is 35.3 Å². The minimum Gasteiger partial charge on any atom is -0.317 e. The molecule has 0 unspecified atom stereocenters. The first-order chi connectivity index (χ1) is 9.64. The summed E-state index contributed by atoms with van der Waals surface area (Å²) in [5.41, 5.74) is 1.12. The van der Waals surface area contributed by atoms with E-state index in [1.807, 2.05) is 30.3 Å². The number of benzene rings is 1. The van der Waals surface area contributed by atoms with Gasteiger partial charge in [-0.1, -0.05) is 32.0 Å². The Hall–Kier alpha value is -0.960. The maximum Gasteiger partial charge on any atom is 0.290 e. The molecule has 4 nitrogen and oxygen atoms in total.